The number of imidazole rings is 1. The second-order valence-electron chi connectivity index (χ2n) is 10.2. The summed E-state index contributed by atoms with van der Waals surface area (Å²) in [5.41, 5.74) is 0.440. The van der Waals surface area contributed by atoms with Crippen molar-refractivity contribution in [1.29, 1.82) is 0 Å². The number of ether oxygens (including phenoxy) is 3. The summed E-state index contributed by atoms with van der Waals surface area (Å²) in [6, 6.07) is 13.0. The van der Waals surface area contributed by atoms with Crippen LogP contribution in [0.2, 0.25) is 0 Å². The Morgan fingerprint density at radius 1 is 0.891 bits per heavy atom. The monoisotopic (exact) mass is 671 g/mol. The largest absolute Gasteiger partial charge is 0.471 e. The molecule has 2 atom stereocenters. The van der Waals surface area contributed by atoms with Gasteiger partial charge >= 0.3 is 19.4 Å². The maximum atomic E-state index is 13.6. The summed E-state index contributed by atoms with van der Waals surface area (Å²) >= 11 is 0. The first-order valence-corrected chi connectivity index (χ1v) is 15.2. The molecular formula is C30H24F7N3O5S. The zero-order valence-electron chi connectivity index (χ0n) is 24.1. The van der Waals surface area contributed by atoms with Crippen molar-refractivity contribution in [3.63, 3.8) is 0 Å². The normalized spacial score (nSPS) is 16.9. The summed E-state index contributed by atoms with van der Waals surface area (Å²) in [6.07, 6.45) is -3.99. The minimum atomic E-state index is -4.75. The molecule has 0 fully saturated rings. The summed E-state index contributed by atoms with van der Waals surface area (Å²) in [4.78, 5) is 8.23. The van der Waals surface area contributed by atoms with Gasteiger partial charge in [0.25, 0.3) is 0 Å². The number of aryl methyl sites for hydroxylation is 1. The molecule has 3 aromatic carbocycles. The van der Waals surface area contributed by atoms with Crippen LogP contribution in [0, 0.1) is 6.92 Å². The van der Waals surface area contributed by atoms with E-state index in [1.54, 1.807) is 18.2 Å². The molecule has 244 valence electrons. The Labute approximate surface area is 258 Å². The van der Waals surface area contributed by atoms with E-state index in [-0.39, 0.29) is 27.9 Å². The van der Waals surface area contributed by atoms with Crippen LogP contribution >= 0.6 is 0 Å². The molecule has 16 heteroatoms. The second kappa shape index (κ2) is 12.3. The Balaban J connectivity index is 1.69. The fourth-order valence-corrected chi connectivity index (χ4v) is 5.72. The van der Waals surface area contributed by atoms with Crippen LogP contribution in [-0.4, -0.2) is 43.3 Å². The zero-order chi connectivity index (χ0) is 33.6. The molecule has 0 N–H and O–H groups in total. The lowest BCUT2D eigenvalue weighted by molar-refractivity contribution is -0.141. The summed E-state index contributed by atoms with van der Waals surface area (Å²) in [5, 5.41) is 0. The Morgan fingerprint density at radius 3 is 2.20 bits per heavy atom. The van der Waals surface area contributed by atoms with E-state index in [9.17, 15) is 39.2 Å². The van der Waals surface area contributed by atoms with Crippen LogP contribution in [0.15, 0.2) is 76.7 Å². The lowest BCUT2D eigenvalue weighted by Crippen LogP contribution is -2.13. The van der Waals surface area contributed by atoms with Crippen molar-refractivity contribution in [1.82, 2.24) is 9.55 Å². The number of hydrogen-bond acceptors (Lipinski definition) is 7. The fraction of sp³-hybridized carbons (Fsp3) is 0.267. The molecule has 5 rings (SSSR count). The molecule has 8 nitrogen and oxygen atoms in total. The number of halogens is 7. The van der Waals surface area contributed by atoms with Crippen molar-refractivity contribution in [3.05, 3.63) is 89.5 Å². The number of aromatic nitrogens is 2. The molecular weight excluding hydrogens is 647 g/mol. The Kier molecular flexibility index (Phi) is 8.77. The van der Waals surface area contributed by atoms with Crippen molar-refractivity contribution in [3.8, 4) is 28.3 Å². The predicted molar refractivity (Wildman–Crippen MR) is 151 cm³/mol. The standard InChI is InChI=1S/C30H24F7N3O5S/c1-15-38-25(30(35,36)37)14-40(15)22-9-7-18(17-5-4-6-20(11-17)46(3,41)42)12-21(22)26-27(43-16(2)39-26)19-8-10-23(44-28(31)32)24(13-19)45-29(33)34/h4-14,26-29H,1-3H3. The molecule has 1 aromatic heterocycles. The van der Waals surface area contributed by atoms with Crippen LogP contribution in [-0.2, 0) is 20.8 Å². The van der Waals surface area contributed by atoms with Gasteiger partial charge in [0, 0.05) is 24.9 Å². The van der Waals surface area contributed by atoms with Gasteiger partial charge in [-0.1, -0.05) is 24.3 Å². The first-order valence-electron chi connectivity index (χ1n) is 13.3. The highest BCUT2D eigenvalue weighted by atomic mass is 32.2. The fourth-order valence-electron chi connectivity index (χ4n) is 5.06. The lowest BCUT2D eigenvalue weighted by Gasteiger charge is -2.23. The highest BCUT2D eigenvalue weighted by Gasteiger charge is 2.37. The number of aliphatic imine (C=N–C) groups is 1. The van der Waals surface area contributed by atoms with Gasteiger partial charge in [-0.3, -0.25) is 0 Å². The summed E-state index contributed by atoms with van der Waals surface area (Å²) < 4.78 is 133. The zero-order valence-corrected chi connectivity index (χ0v) is 24.9. The van der Waals surface area contributed by atoms with Crippen molar-refractivity contribution in [2.24, 2.45) is 4.99 Å². The Morgan fingerprint density at radius 2 is 1.57 bits per heavy atom. The molecule has 1 aliphatic rings. The molecule has 0 amide bonds. The van der Waals surface area contributed by atoms with Crippen LogP contribution in [0.3, 0.4) is 0 Å². The molecule has 0 saturated carbocycles. The predicted octanol–water partition coefficient (Wildman–Crippen LogP) is 7.70. The molecule has 46 heavy (non-hydrogen) atoms. The third-order valence-corrected chi connectivity index (χ3v) is 8.12. The topological polar surface area (TPSA) is 92.0 Å². The van der Waals surface area contributed by atoms with Gasteiger partial charge in [0.2, 0.25) is 0 Å². The second-order valence-corrected chi connectivity index (χ2v) is 12.2. The van der Waals surface area contributed by atoms with E-state index < -0.39 is 58.6 Å². The molecule has 2 heterocycles. The number of alkyl halides is 7. The molecule has 4 aromatic rings. The SMILES string of the molecule is CC1=NC(c2cc(-c3cccc(S(C)(=O)=O)c3)ccc2-n2cc(C(F)(F)F)nc2C)C(c2ccc(OC(F)F)c(OC(F)F)c2)O1. The molecule has 2 unspecified atom stereocenters. The number of rotatable bonds is 9. The minimum Gasteiger partial charge on any atom is -0.471 e. The van der Waals surface area contributed by atoms with E-state index in [1.165, 1.54) is 48.7 Å². The maximum absolute atomic E-state index is 13.6. The Bertz CT molecular complexity index is 1910. The van der Waals surface area contributed by atoms with E-state index in [0.717, 1.165) is 24.6 Å². The highest BCUT2D eigenvalue weighted by molar-refractivity contribution is 7.90. The number of hydrogen-bond donors (Lipinski definition) is 0. The van der Waals surface area contributed by atoms with E-state index in [2.05, 4.69) is 19.5 Å². The number of nitrogens with zero attached hydrogens (tertiary/aromatic N) is 3. The smallest absolute Gasteiger partial charge is 0.434 e. The Hall–Kier alpha value is -4.60. The molecule has 0 spiro atoms. The van der Waals surface area contributed by atoms with Gasteiger partial charge in [-0.15, -0.1) is 0 Å². The van der Waals surface area contributed by atoms with Gasteiger partial charge in [-0.05, 0) is 60.0 Å². The third kappa shape index (κ3) is 6.95. The molecule has 0 bridgehead atoms. The molecule has 0 radical (unpaired) electrons. The summed E-state index contributed by atoms with van der Waals surface area (Å²) in [5.74, 6) is -1.24. The van der Waals surface area contributed by atoms with Gasteiger partial charge in [-0.2, -0.15) is 30.7 Å². The average molecular weight is 672 g/mol. The van der Waals surface area contributed by atoms with Crippen LogP contribution in [0.4, 0.5) is 30.7 Å². The quantitative estimate of drug-likeness (QED) is 0.169. The van der Waals surface area contributed by atoms with Crippen molar-refractivity contribution >= 4 is 15.7 Å². The van der Waals surface area contributed by atoms with Gasteiger partial charge in [0.1, 0.15) is 11.9 Å². The van der Waals surface area contributed by atoms with Crippen LogP contribution in [0.5, 0.6) is 11.5 Å². The van der Waals surface area contributed by atoms with Gasteiger partial charge < -0.3 is 18.8 Å². The van der Waals surface area contributed by atoms with Crippen molar-refractivity contribution < 1.29 is 53.4 Å². The first-order chi connectivity index (χ1) is 21.5. The van der Waals surface area contributed by atoms with Gasteiger partial charge in [-0.25, -0.2) is 18.4 Å². The lowest BCUT2D eigenvalue weighted by atomic mass is 9.92. The third-order valence-electron chi connectivity index (χ3n) is 7.01. The van der Waals surface area contributed by atoms with E-state index in [0.29, 0.717) is 16.7 Å². The van der Waals surface area contributed by atoms with E-state index in [4.69, 9.17) is 4.74 Å². The summed E-state index contributed by atoms with van der Waals surface area (Å²) in [7, 11) is -3.59. The van der Waals surface area contributed by atoms with Gasteiger partial charge in [0.15, 0.2) is 39.0 Å². The van der Waals surface area contributed by atoms with Crippen LogP contribution in [0.25, 0.3) is 16.8 Å². The molecule has 1 aliphatic heterocycles. The van der Waals surface area contributed by atoms with Crippen molar-refractivity contribution in [2.45, 2.75) is 50.3 Å². The van der Waals surface area contributed by atoms with Crippen LogP contribution in [0.1, 0.15) is 41.7 Å². The number of benzene rings is 3. The molecule has 0 saturated heterocycles. The average Bonchev–Trinajstić information content (AvgIpc) is 3.55. The van der Waals surface area contributed by atoms with E-state index in [1.807, 2.05) is 0 Å². The first kappa shape index (κ1) is 32.8. The summed E-state index contributed by atoms with van der Waals surface area (Å²) in [6.45, 7) is -3.85. The van der Waals surface area contributed by atoms with Crippen LogP contribution < -0.4 is 9.47 Å². The minimum absolute atomic E-state index is 0.0160. The number of sulfone groups is 1. The van der Waals surface area contributed by atoms with E-state index >= 15 is 0 Å². The van der Waals surface area contributed by atoms with Gasteiger partial charge in [0.05, 0.1) is 10.6 Å². The van der Waals surface area contributed by atoms with Crippen molar-refractivity contribution in [2.75, 3.05) is 6.26 Å². The highest BCUT2D eigenvalue weighted by Crippen LogP contribution is 2.46. The maximum Gasteiger partial charge on any atom is 0.434 e. The molecule has 0 aliphatic carbocycles.